The summed E-state index contributed by atoms with van der Waals surface area (Å²) in [6.45, 7) is 0.00943. The maximum absolute atomic E-state index is 13.9. The minimum Gasteiger partial charge on any atom is -0.494 e. The summed E-state index contributed by atoms with van der Waals surface area (Å²) in [5.41, 5.74) is 0.0146. The van der Waals surface area contributed by atoms with Gasteiger partial charge in [0.2, 0.25) is 5.82 Å². The molecule has 0 atom stereocenters. The molecule has 0 radical (unpaired) electrons. The summed E-state index contributed by atoms with van der Waals surface area (Å²) < 4.78 is 32.0. The first-order chi connectivity index (χ1) is 10.0. The van der Waals surface area contributed by atoms with Gasteiger partial charge in [-0.2, -0.15) is 4.39 Å². The Morgan fingerprint density at radius 2 is 2.05 bits per heavy atom. The molecule has 0 saturated heterocycles. The van der Waals surface area contributed by atoms with Gasteiger partial charge in [0.05, 0.1) is 17.7 Å². The first-order valence-electron chi connectivity index (χ1n) is 6.02. The molecule has 0 bridgehead atoms. The van der Waals surface area contributed by atoms with Crippen molar-refractivity contribution in [2.75, 3.05) is 12.4 Å². The van der Waals surface area contributed by atoms with E-state index in [0.717, 1.165) is 6.07 Å². The maximum atomic E-state index is 13.9. The van der Waals surface area contributed by atoms with Crippen molar-refractivity contribution < 1.29 is 18.4 Å². The second-order valence-electron chi connectivity index (χ2n) is 4.21. The fraction of sp³-hybridized carbons (Fsp3) is 0.143. The van der Waals surface area contributed by atoms with Crippen LogP contribution in [-0.4, -0.2) is 12.0 Å². The Bertz CT molecular complexity index is 677. The molecule has 5 nitrogen and oxygen atoms in total. The number of nitrogens with one attached hydrogen (secondary N) is 1. The number of nitro benzene ring substituents is 1. The first kappa shape index (κ1) is 14.7. The molecule has 2 aromatic carbocycles. The smallest absolute Gasteiger partial charge is 0.305 e. The fourth-order valence-corrected chi connectivity index (χ4v) is 1.85. The van der Waals surface area contributed by atoms with Crippen molar-refractivity contribution in [1.82, 2.24) is 0 Å². The van der Waals surface area contributed by atoms with Crippen LogP contribution in [0.15, 0.2) is 36.4 Å². The van der Waals surface area contributed by atoms with Crippen LogP contribution in [0.1, 0.15) is 5.56 Å². The van der Waals surface area contributed by atoms with Crippen LogP contribution in [0.25, 0.3) is 0 Å². The van der Waals surface area contributed by atoms with Gasteiger partial charge < -0.3 is 10.1 Å². The molecule has 1 N–H and O–H groups in total. The molecule has 0 fully saturated rings. The third-order valence-corrected chi connectivity index (χ3v) is 2.89. The molecule has 0 aliphatic heterocycles. The first-order valence-corrected chi connectivity index (χ1v) is 6.02. The number of anilines is 1. The normalized spacial score (nSPS) is 10.2. The predicted molar refractivity (Wildman–Crippen MR) is 73.3 cm³/mol. The molecule has 7 heteroatoms. The van der Waals surface area contributed by atoms with E-state index < -0.39 is 22.2 Å². The number of ether oxygens (including phenoxy) is 1. The molecule has 0 amide bonds. The lowest BCUT2D eigenvalue weighted by Gasteiger charge is -2.11. The SMILES string of the molecule is COc1cc(F)ccc1NCc1cccc([N+](=O)[O-])c1F. The molecule has 2 aromatic rings. The Kier molecular flexibility index (Phi) is 4.32. The van der Waals surface area contributed by atoms with Gasteiger partial charge in [0, 0.05) is 24.2 Å². The quantitative estimate of drug-likeness (QED) is 0.677. The Hall–Kier alpha value is -2.70. The highest BCUT2D eigenvalue weighted by atomic mass is 19.1. The molecule has 0 unspecified atom stereocenters. The molecule has 21 heavy (non-hydrogen) atoms. The zero-order valence-electron chi connectivity index (χ0n) is 11.1. The van der Waals surface area contributed by atoms with E-state index in [0.29, 0.717) is 5.69 Å². The van der Waals surface area contributed by atoms with E-state index in [1.165, 1.54) is 37.4 Å². The Labute approximate surface area is 119 Å². The van der Waals surface area contributed by atoms with Gasteiger partial charge in [0.25, 0.3) is 0 Å². The van der Waals surface area contributed by atoms with Crippen molar-refractivity contribution in [1.29, 1.82) is 0 Å². The van der Waals surface area contributed by atoms with Crippen LogP contribution >= 0.6 is 0 Å². The lowest BCUT2D eigenvalue weighted by atomic mass is 10.1. The van der Waals surface area contributed by atoms with Gasteiger partial charge in [-0.15, -0.1) is 0 Å². The Morgan fingerprint density at radius 1 is 1.29 bits per heavy atom. The van der Waals surface area contributed by atoms with Crippen LogP contribution in [0.2, 0.25) is 0 Å². The minimum absolute atomic E-state index is 0.00943. The van der Waals surface area contributed by atoms with Crippen molar-refractivity contribution in [3.63, 3.8) is 0 Å². The van der Waals surface area contributed by atoms with Gasteiger partial charge in [0.1, 0.15) is 11.6 Å². The van der Waals surface area contributed by atoms with E-state index in [9.17, 15) is 18.9 Å². The third kappa shape index (κ3) is 3.25. The average Bonchev–Trinajstić information content (AvgIpc) is 2.46. The Balaban J connectivity index is 2.21. The largest absolute Gasteiger partial charge is 0.494 e. The predicted octanol–water partition coefficient (Wildman–Crippen LogP) is 3.49. The summed E-state index contributed by atoms with van der Waals surface area (Å²) in [7, 11) is 1.38. The van der Waals surface area contributed by atoms with Crippen molar-refractivity contribution >= 4 is 11.4 Å². The molecule has 110 valence electrons. The van der Waals surface area contributed by atoms with E-state index in [4.69, 9.17) is 4.74 Å². The van der Waals surface area contributed by atoms with Gasteiger partial charge >= 0.3 is 5.69 Å². The summed E-state index contributed by atoms with van der Waals surface area (Å²) in [5.74, 6) is -1.09. The highest BCUT2D eigenvalue weighted by Crippen LogP contribution is 2.26. The van der Waals surface area contributed by atoms with E-state index in [1.807, 2.05) is 0 Å². The standard InChI is InChI=1S/C14H12F2N2O3/c1-21-13-7-10(15)5-6-11(13)17-8-9-3-2-4-12(14(9)16)18(19)20/h2-7,17H,8H2,1H3. The lowest BCUT2D eigenvalue weighted by molar-refractivity contribution is -0.387. The molecule has 2 rings (SSSR count). The number of nitrogens with zero attached hydrogens (tertiary/aromatic N) is 1. The zero-order chi connectivity index (χ0) is 15.4. The van der Waals surface area contributed by atoms with Gasteiger partial charge in [-0.25, -0.2) is 4.39 Å². The van der Waals surface area contributed by atoms with Crippen molar-refractivity contribution in [3.05, 3.63) is 63.7 Å². The fourth-order valence-electron chi connectivity index (χ4n) is 1.85. The molecule has 0 aliphatic carbocycles. The summed E-state index contributed by atoms with van der Waals surface area (Å²) in [4.78, 5) is 9.89. The number of nitro groups is 1. The number of benzene rings is 2. The van der Waals surface area contributed by atoms with Crippen LogP contribution in [0, 0.1) is 21.7 Å². The highest BCUT2D eigenvalue weighted by molar-refractivity contribution is 5.56. The number of hydrogen-bond acceptors (Lipinski definition) is 4. The number of rotatable bonds is 5. The van der Waals surface area contributed by atoms with Crippen LogP contribution in [0.5, 0.6) is 5.75 Å². The number of halogens is 2. The van der Waals surface area contributed by atoms with Crippen LogP contribution < -0.4 is 10.1 Å². The molecule has 0 spiro atoms. The topological polar surface area (TPSA) is 64.4 Å². The number of methoxy groups -OCH3 is 1. The van der Waals surface area contributed by atoms with Crippen LogP contribution in [-0.2, 0) is 6.54 Å². The second-order valence-corrected chi connectivity index (χ2v) is 4.21. The molecular formula is C14H12F2N2O3. The summed E-state index contributed by atoms with van der Waals surface area (Å²) >= 11 is 0. The van der Waals surface area contributed by atoms with Gasteiger partial charge in [-0.1, -0.05) is 12.1 Å². The molecule has 0 aliphatic rings. The Morgan fingerprint density at radius 3 is 2.71 bits per heavy atom. The van der Waals surface area contributed by atoms with E-state index in [2.05, 4.69) is 5.32 Å². The van der Waals surface area contributed by atoms with Gasteiger partial charge in [0.15, 0.2) is 0 Å². The molecule has 0 aromatic heterocycles. The lowest BCUT2D eigenvalue weighted by Crippen LogP contribution is -2.05. The highest BCUT2D eigenvalue weighted by Gasteiger charge is 2.17. The van der Waals surface area contributed by atoms with Crippen molar-refractivity contribution in [2.45, 2.75) is 6.54 Å². The molecule has 0 heterocycles. The third-order valence-electron chi connectivity index (χ3n) is 2.89. The minimum atomic E-state index is -0.893. The molecular weight excluding hydrogens is 282 g/mol. The monoisotopic (exact) mass is 294 g/mol. The van der Waals surface area contributed by atoms with Gasteiger partial charge in [-0.05, 0) is 12.1 Å². The summed E-state index contributed by atoms with van der Waals surface area (Å²) in [6, 6.07) is 7.80. The average molecular weight is 294 g/mol. The van der Waals surface area contributed by atoms with E-state index in [-0.39, 0.29) is 17.9 Å². The summed E-state index contributed by atoms with van der Waals surface area (Å²) in [6.07, 6.45) is 0. The summed E-state index contributed by atoms with van der Waals surface area (Å²) in [5, 5.41) is 13.5. The number of hydrogen-bond donors (Lipinski definition) is 1. The zero-order valence-corrected chi connectivity index (χ0v) is 11.1. The van der Waals surface area contributed by atoms with Crippen LogP contribution in [0.4, 0.5) is 20.2 Å². The van der Waals surface area contributed by atoms with Crippen molar-refractivity contribution in [2.24, 2.45) is 0 Å². The van der Waals surface area contributed by atoms with E-state index >= 15 is 0 Å². The molecule has 0 saturated carbocycles. The van der Waals surface area contributed by atoms with E-state index in [1.54, 1.807) is 0 Å². The maximum Gasteiger partial charge on any atom is 0.305 e. The van der Waals surface area contributed by atoms with Gasteiger partial charge in [-0.3, -0.25) is 10.1 Å². The van der Waals surface area contributed by atoms with Crippen molar-refractivity contribution in [3.8, 4) is 5.75 Å². The second kappa shape index (κ2) is 6.17. The van der Waals surface area contributed by atoms with Crippen LogP contribution in [0.3, 0.4) is 0 Å².